The number of nitrogens with zero attached hydrogens (tertiary/aromatic N) is 2. The van der Waals surface area contributed by atoms with E-state index in [4.69, 9.17) is 14.2 Å². The normalized spacial score (nSPS) is 10.7. The minimum absolute atomic E-state index is 0.0252. The number of methoxy groups -OCH3 is 1. The highest BCUT2D eigenvalue weighted by atomic mass is 33.1. The van der Waals surface area contributed by atoms with Crippen molar-refractivity contribution in [3.8, 4) is 5.75 Å². The van der Waals surface area contributed by atoms with Crippen LogP contribution in [0.2, 0.25) is 0 Å². The monoisotopic (exact) mass is 538 g/mol. The molecule has 3 aromatic carbocycles. The molecule has 9 nitrogen and oxygen atoms in total. The number of non-ortho nitro benzene ring substituents is 1. The number of hydrogen-bond donors (Lipinski definition) is 0. The maximum absolute atomic E-state index is 13.0. The summed E-state index contributed by atoms with van der Waals surface area (Å²) in [5.41, 5.74) is 1.54. The first-order chi connectivity index (χ1) is 18.0. The fourth-order valence-corrected chi connectivity index (χ4v) is 5.24. The number of carbonyl (C=O) groups is 2. The molecule has 4 aromatic rings. The predicted molar refractivity (Wildman–Crippen MR) is 142 cm³/mol. The van der Waals surface area contributed by atoms with Gasteiger partial charge in [-0.15, -0.1) is 0 Å². The molecule has 11 heteroatoms. The lowest BCUT2D eigenvalue weighted by Crippen LogP contribution is -2.20. The predicted octanol–water partition coefficient (Wildman–Crippen LogP) is 6.34. The van der Waals surface area contributed by atoms with Gasteiger partial charge in [-0.25, -0.2) is 14.2 Å². The van der Waals surface area contributed by atoms with E-state index in [1.165, 1.54) is 45.4 Å². The summed E-state index contributed by atoms with van der Waals surface area (Å²) in [5.74, 6) is 0.337. The van der Waals surface area contributed by atoms with E-state index in [0.29, 0.717) is 29.0 Å². The molecule has 0 saturated carbocycles. The second-order valence-electron chi connectivity index (χ2n) is 7.62. The molecule has 0 saturated heterocycles. The fourth-order valence-electron chi connectivity index (χ4n) is 3.42. The summed E-state index contributed by atoms with van der Waals surface area (Å²) < 4.78 is 17.4. The Morgan fingerprint density at radius 1 is 1.00 bits per heavy atom. The first kappa shape index (κ1) is 26.1. The summed E-state index contributed by atoms with van der Waals surface area (Å²) in [6, 6.07) is 22.7. The third-order valence-corrected chi connectivity index (χ3v) is 7.54. The summed E-state index contributed by atoms with van der Waals surface area (Å²) in [7, 11) is 4.10. The number of hydrogen-bond acceptors (Lipinski definition) is 9. The van der Waals surface area contributed by atoms with Crippen molar-refractivity contribution in [1.82, 2.24) is 4.57 Å². The summed E-state index contributed by atoms with van der Waals surface area (Å²) in [6.45, 7) is 0.443. The fraction of sp³-hybridized carbons (Fsp3) is 0.154. The summed E-state index contributed by atoms with van der Waals surface area (Å²) in [5, 5.41) is 11.4. The minimum Gasteiger partial charge on any atom is -0.489 e. The molecule has 4 rings (SSSR count). The highest BCUT2D eigenvalue weighted by molar-refractivity contribution is 8.76. The lowest BCUT2D eigenvalue weighted by atomic mass is 10.2. The van der Waals surface area contributed by atoms with Gasteiger partial charge in [-0.2, -0.15) is 0 Å². The van der Waals surface area contributed by atoms with Gasteiger partial charge in [0.15, 0.2) is 0 Å². The number of ether oxygens (including phenoxy) is 3. The van der Waals surface area contributed by atoms with Crippen LogP contribution in [0.25, 0.3) is 10.9 Å². The quantitative estimate of drug-likeness (QED) is 0.0751. The molecule has 0 radical (unpaired) electrons. The number of aromatic nitrogens is 1. The standard InChI is InChI=1S/C26H22N2O7S2/c1-33-25(29)24-15-19-7-10-21(35-17-18-5-3-2-4-6-18)16-23(19)27(24)26(30)34-13-14-36-37-22-11-8-20(9-12-22)28(31)32/h2-12,15-16H,13-14,17H2,1H3. The van der Waals surface area contributed by atoms with Crippen LogP contribution in [-0.2, 0) is 16.1 Å². The number of fused-ring (bicyclic) bond motifs is 1. The summed E-state index contributed by atoms with van der Waals surface area (Å²) in [4.78, 5) is 36.5. The van der Waals surface area contributed by atoms with Crippen molar-refractivity contribution < 1.29 is 28.7 Å². The number of benzene rings is 3. The van der Waals surface area contributed by atoms with Crippen LogP contribution in [-0.4, -0.2) is 41.0 Å². The van der Waals surface area contributed by atoms with Gasteiger partial charge in [0.1, 0.15) is 24.7 Å². The Labute approximate surface area is 220 Å². The summed E-state index contributed by atoms with van der Waals surface area (Å²) >= 11 is 0. The van der Waals surface area contributed by atoms with E-state index in [-0.39, 0.29) is 18.0 Å². The van der Waals surface area contributed by atoms with Crippen molar-refractivity contribution in [2.45, 2.75) is 11.5 Å². The Morgan fingerprint density at radius 3 is 2.46 bits per heavy atom. The lowest BCUT2D eigenvalue weighted by molar-refractivity contribution is -0.384. The molecular formula is C26H22N2O7S2. The highest BCUT2D eigenvalue weighted by Gasteiger charge is 2.22. The molecule has 1 heterocycles. The molecule has 0 aliphatic heterocycles. The molecule has 0 aliphatic rings. The van der Waals surface area contributed by atoms with Crippen LogP contribution in [0.4, 0.5) is 10.5 Å². The van der Waals surface area contributed by atoms with Crippen LogP contribution >= 0.6 is 21.6 Å². The molecule has 0 N–H and O–H groups in total. The van der Waals surface area contributed by atoms with Gasteiger partial charge in [-0.3, -0.25) is 10.1 Å². The van der Waals surface area contributed by atoms with Crippen LogP contribution in [0.3, 0.4) is 0 Å². The number of rotatable bonds is 10. The zero-order valence-corrected chi connectivity index (χ0v) is 21.3. The Bertz CT molecular complexity index is 1410. The van der Waals surface area contributed by atoms with Crippen LogP contribution in [0.15, 0.2) is 83.8 Å². The van der Waals surface area contributed by atoms with Gasteiger partial charge >= 0.3 is 12.1 Å². The molecule has 0 unspecified atom stereocenters. The molecule has 0 fully saturated rings. The van der Waals surface area contributed by atoms with Gasteiger partial charge in [0.25, 0.3) is 5.69 Å². The van der Waals surface area contributed by atoms with E-state index in [1.807, 2.05) is 30.3 Å². The van der Waals surface area contributed by atoms with Gasteiger partial charge in [0.2, 0.25) is 0 Å². The largest absolute Gasteiger partial charge is 0.489 e. The molecular weight excluding hydrogens is 516 g/mol. The van der Waals surface area contributed by atoms with Crippen LogP contribution in [0, 0.1) is 10.1 Å². The van der Waals surface area contributed by atoms with E-state index in [2.05, 4.69) is 0 Å². The Kier molecular flexibility index (Phi) is 8.70. The van der Waals surface area contributed by atoms with Crippen molar-refractivity contribution in [2.24, 2.45) is 0 Å². The van der Waals surface area contributed by atoms with Gasteiger partial charge in [-0.1, -0.05) is 51.9 Å². The van der Waals surface area contributed by atoms with E-state index < -0.39 is 17.0 Å². The van der Waals surface area contributed by atoms with Gasteiger partial charge in [0.05, 0.1) is 17.5 Å². The second kappa shape index (κ2) is 12.3. The van der Waals surface area contributed by atoms with Gasteiger partial charge < -0.3 is 14.2 Å². The number of carbonyl (C=O) groups excluding carboxylic acids is 2. The van der Waals surface area contributed by atoms with E-state index in [9.17, 15) is 19.7 Å². The zero-order chi connectivity index (χ0) is 26.2. The minimum atomic E-state index is -0.712. The lowest BCUT2D eigenvalue weighted by Gasteiger charge is -2.10. The van der Waals surface area contributed by atoms with Crippen molar-refractivity contribution >= 4 is 50.2 Å². The SMILES string of the molecule is COC(=O)c1cc2ccc(OCc3ccccc3)cc2n1C(=O)OCCSSc1ccc([N+](=O)[O-])cc1. The molecule has 37 heavy (non-hydrogen) atoms. The Hall–Kier alpha value is -3.96. The van der Waals surface area contributed by atoms with E-state index >= 15 is 0 Å². The van der Waals surface area contributed by atoms with Gasteiger partial charge in [-0.05, 0) is 35.9 Å². The maximum Gasteiger partial charge on any atom is 0.419 e. The molecule has 0 spiro atoms. The number of esters is 1. The topological polar surface area (TPSA) is 110 Å². The summed E-state index contributed by atoms with van der Waals surface area (Å²) in [6.07, 6.45) is -0.712. The van der Waals surface area contributed by atoms with Crippen LogP contribution in [0.1, 0.15) is 16.1 Å². The number of nitro benzene ring substituents is 1. The molecule has 1 aromatic heterocycles. The average Bonchev–Trinajstić information content (AvgIpc) is 3.31. The second-order valence-corrected chi connectivity index (χ2v) is 10.1. The van der Waals surface area contributed by atoms with Crippen molar-refractivity contribution in [1.29, 1.82) is 0 Å². The van der Waals surface area contributed by atoms with Crippen molar-refractivity contribution in [3.63, 3.8) is 0 Å². The van der Waals surface area contributed by atoms with E-state index in [0.717, 1.165) is 10.5 Å². The average molecular weight is 539 g/mol. The van der Waals surface area contributed by atoms with Gasteiger partial charge in [0, 0.05) is 34.2 Å². The number of nitro groups is 1. The van der Waals surface area contributed by atoms with Crippen molar-refractivity contribution in [3.05, 3.63) is 100 Å². The molecule has 0 atom stereocenters. The molecule has 0 aliphatic carbocycles. The van der Waals surface area contributed by atoms with E-state index in [1.54, 1.807) is 36.4 Å². The maximum atomic E-state index is 13.0. The first-order valence-corrected chi connectivity index (χ1v) is 13.4. The molecule has 0 amide bonds. The third kappa shape index (κ3) is 6.63. The van der Waals surface area contributed by atoms with Crippen LogP contribution < -0.4 is 4.74 Å². The molecule has 0 bridgehead atoms. The first-order valence-electron chi connectivity index (χ1n) is 11.1. The zero-order valence-electron chi connectivity index (χ0n) is 19.7. The highest BCUT2D eigenvalue weighted by Crippen LogP contribution is 2.32. The third-order valence-electron chi connectivity index (χ3n) is 5.20. The molecule has 190 valence electrons. The van der Waals surface area contributed by atoms with Crippen molar-refractivity contribution in [2.75, 3.05) is 19.5 Å². The smallest absolute Gasteiger partial charge is 0.419 e. The van der Waals surface area contributed by atoms with Crippen LogP contribution in [0.5, 0.6) is 5.75 Å². The Morgan fingerprint density at radius 2 is 1.76 bits per heavy atom. The Balaban J connectivity index is 1.41.